The fourth-order valence-electron chi connectivity index (χ4n) is 1.68. The maximum atomic E-state index is 12.1. The van der Waals surface area contributed by atoms with Gasteiger partial charge in [-0.1, -0.05) is 6.92 Å². The number of sulfone groups is 1. The average Bonchev–Trinajstić information content (AvgIpc) is 2.66. The quantitative estimate of drug-likeness (QED) is 0.628. The number of aromatic nitrogens is 1. The van der Waals surface area contributed by atoms with E-state index in [2.05, 4.69) is 9.69 Å². The summed E-state index contributed by atoms with van der Waals surface area (Å²) >= 11 is 1.06. The van der Waals surface area contributed by atoms with Crippen LogP contribution in [0.3, 0.4) is 0 Å². The van der Waals surface area contributed by atoms with Gasteiger partial charge >= 0.3 is 0 Å². The fourth-order valence-corrected chi connectivity index (χ4v) is 4.32. The van der Waals surface area contributed by atoms with Crippen molar-refractivity contribution in [3.63, 3.8) is 0 Å². The molecule has 0 aliphatic heterocycles. The molecule has 1 heterocycles. The first-order valence-electron chi connectivity index (χ1n) is 6.28. The highest BCUT2D eigenvalue weighted by molar-refractivity contribution is 7.91. The number of hydrogen-bond acceptors (Lipinski definition) is 7. The van der Waals surface area contributed by atoms with Crippen molar-refractivity contribution in [3.05, 3.63) is 0 Å². The van der Waals surface area contributed by atoms with Gasteiger partial charge in [0.2, 0.25) is 0 Å². The molecule has 1 aromatic heterocycles. The zero-order chi connectivity index (χ0) is 14.5. The van der Waals surface area contributed by atoms with Gasteiger partial charge < -0.3 is 16.2 Å². The number of hydrogen-bond donors (Lipinski definition) is 3. The van der Waals surface area contributed by atoms with E-state index in [0.717, 1.165) is 18.0 Å². The number of nitrogens with one attached hydrogen (secondary N) is 1. The SMILES string of the molecule is CCCS(=O)(=O)c1c(N)nsc1NCCCC(C)O. The Balaban J connectivity index is 2.75. The van der Waals surface area contributed by atoms with E-state index in [0.29, 0.717) is 24.4 Å². The molecule has 0 saturated heterocycles. The first-order chi connectivity index (χ1) is 8.88. The van der Waals surface area contributed by atoms with Crippen molar-refractivity contribution >= 4 is 32.2 Å². The minimum absolute atomic E-state index is 0.0662. The highest BCUT2D eigenvalue weighted by Crippen LogP contribution is 2.32. The molecule has 0 fully saturated rings. The number of aliphatic hydroxyl groups is 1. The van der Waals surface area contributed by atoms with Gasteiger partial charge in [0.05, 0.1) is 11.9 Å². The van der Waals surface area contributed by atoms with Gasteiger partial charge in [-0.3, -0.25) is 0 Å². The largest absolute Gasteiger partial charge is 0.393 e. The fraction of sp³-hybridized carbons (Fsp3) is 0.727. The highest BCUT2D eigenvalue weighted by atomic mass is 32.2. The molecule has 1 atom stereocenters. The maximum absolute atomic E-state index is 12.1. The molecule has 0 spiro atoms. The van der Waals surface area contributed by atoms with Crippen molar-refractivity contribution in [2.75, 3.05) is 23.3 Å². The summed E-state index contributed by atoms with van der Waals surface area (Å²) in [6.07, 6.45) is 1.61. The molecule has 0 aromatic carbocycles. The third kappa shape index (κ3) is 4.63. The van der Waals surface area contributed by atoms with Crippen molar-refractivity contribution in [1.29, 1.82) is 0 Å². The van der Waals surface area contributed by atoms with Gasteiger partial charge in [-0.15, -0.1) is 0 Å². The molecule has 0 aliphatic carbocycles. The van der Waals surface area contributed by atoms with E-state index < -0.39 is 9.84 Å². The van der Waals surface area contributed by atoms with E-state index in [4.69, 9.17) is 10.8 Å². The lowest BCUT2D eigenvalue weighted by molar-refractivity contribution is 0.183. The molecular weight excluding hydrogens is 286 g/mol. The number of rotatable bonds is 8. The Labute approximate surface area is 118 Å². The van der Waals surface area contributed by atoms with Gasteiger partial charge in [0.15, 0.2) is 15.7 Å². The van der Waals surface area contributed by atoms with E-state index in [1.54, 1.807) is 6.92 Å². The molecule has 0 radical (unpaired) electrons. The minimum Gasteiger partial charge on any atom is -0.393 e. The van der Waals surface area contributed by atoms with Crippen LogP contribution in [-0.4, -0.2) is 36.3 Å². The van der Waals surface area contributed by atoms with Crippen LogP contribution in [0.1, 0.15) is 33.1 Å². The predicted molar refractivity (Wildman–Crippen MR) is 78.3 cm³/mol. The summed E-state index contributed by atoms with van der Waals surface area (Å²) in [4.78, 5) is 0.122. The molecule has 4 N–H and O–H groups in total. The highest BCUT2D eigenvalue weighted by Gasteiger charge is 2.24. The summed E-state index contributed by atoms with van der Waals surface area (Å²) in [5.41, 5.74) is 5.65. The molecule has 8 heteroatoms. The minimum atomic E-state index is -3.37. The van der Waals surface area contributed by atoms with Crippen molar-refractivity contribution in [1.82, 2.24) is 4.37 Å². The lowest BCUT2D eigenvalue weighted by atomic mass is 10.2. The second kappa shape index (κ2) is 7.06. The smallest absolute Gasteiger partial charge is 0.185 e. The lowest BCUT2D eigenvalue weighted by Gasteiger charge is -2.08. The van der Waals surface area contributed by atoms with Crippen LogP contribution in [0.25, 0.3) is 0 Å². The van der Waals surface area contributed by atoms with Crippen LogP contribution in [0.15, 0.2) is 4.90 Å². The standard InChI is InChI=1S/C11H21N3O3S2/c1-3-7-19(16,17)9-10(12)14-18-11(9)13-6-4-5-8(2)15/h8,13,15H,3-7H2,1-2H3,(H2,12,14). The molecule has 0 bridgehead atoms. The third-order valence-electron chi connectivity index (χ3n) is 2.54. The van der Waals surface area contributed by atoms with Crippen molar-refractivity contribution in [2.24, 2.45) is 0 Å². The second-order valence-corrected chi connectivity index (χ2v) is 7.28. The van der Waals surface area contributed by atoms with Crippen LogP contribution in [0.5, 0.6) is 0 Å². The van der Waals surface area contributed by atoms with E-state index in [-0.39, 0.29) is 22.6 Å². The lowest BCUT2D eigenvalue weighted by Crippen LogP contribution is -2.12. The van der Waals surface area contributed by atoms with Crippen LogP contribution in [0, 0.1) is 0 Å². The summed E-state index contributed by atoms with van der Waals surface area (Å²) in [5.74, 6) is 0.134. The Bertz CT molecular complexity index is 497. The normalized spacial score (nSPS) is 13.4. The molecule has 19 heavy (non-hydrogen) atoms. The molecule has 0 amide bonds. The maximum Gasteiger partial charge on any atom is 0.185 e. The van der Waals surface area contributed by atoms with Gasteiger partial charge in [0.25, 0.3) is 0 Å². The van der Waals surface area contributed by atoms with Crippen LogP contribution < -0.4 is 11.1 Å². The third-order valence-corrected chi connectivity index (χ3v) is 5.47. The van der Waals surface area contributed by atoms with Gasteiger partial charge in [-0.05, 0) is 37.7 Å². The number of nitrogens with two attached hydrogens (primary N) is 1. The molecule has 6 nitrogen and oxygen atoms in total. The molecule has 1 unspecified atom stereocenters. The number of anilines is 2. The Morgan fingerprint density at radius 2 is 2.21 bits per heavy atom. The summed E-state index contributed by atoms with van der Waals surface area (Å²) in [6.45, 7) is 4.12. The Morgan fingerprint density at radius 3 is 2.79 bits per heavy atom. The van der Waals surface area contributed by atoms with Gasteiger partial charge in [0.1, 0.15) is 9.90 Å². The van der Waals surface area contributed by atoms with Gasteiger partial charge in [0, 0.05) is 6.54 Å². The van der Waals surface area contributed by atoms with Gasteiger partial charge in [-0.2, -0.15) is 4.37 Å². The summed E-state index contributed by atoms with van der Waals surface area (Å²) in [5, 5.41) is 12.7. The Kier molecular flexibility index (Phi) is 6.02. The van der Waals surface area contributed by atoms with Crippen molar-refractivity contribution in [2.45, 2.75) is 44.1 Å². The van der Waals surface area contributed by atoms with Crippen LogP contribution in [0.2, 0.25) is 0 Å². The van der Waals surface area contributed by atoms with Crippen molar-refractivity contribution in [3.8, 4) is 0 Å². The molecule has 110 valence electrons. The molecule has 1 rings (SSSR count). The number of nitrogens with zero attached hydrogens (tertiary/aromatic N) is 1. The average molecular weight is 307 g/mol. The molecular formula is C11H21N3O3S2. The monoisotopic (exact) mass is 307 g/mol. The zero-order valence-corrected chi connectivity index (χ0v) is 12.9. The summed E-state index contributed by atoms with van der Waals surface area (Å²) < 4.78 is 28.1. The first-order valence-corrected chi connectivity index (χ1v) is 8.71. The van der Waals surface area contributed by atoms with Crippen molar-refractivity contribution < 1.29 is 13.5 Å². The molecule has 0 aliphatic rings. The van der Waals surface area contributed by atoms with E-state index in [9.17, 15) is 8.42 Å². The number of aliphatic hydroxyl groups excluding tert-OH is 1. The van der Waals surface area contributed by atoms with Crippen LogP contribution in [-0.2, 0) is 9.84 Å². The molecule has 0 saturated carbocycles. The summed E-state index contributed by atoms with van der Waals surface area (Å²) in [7, 11) is -3.37. The predicted octanol–water partition coefficient (Wildman–Crippen LogP) is 1.48. The van der Waals surface area contributed by atoms with E-state index in [1.807, 2.05) is 6.92 Å². The van der Waals surface area contributed by atoms with E-state index in [1.165, 1.54) is 0 Å². The Hall–Kier alpha value is -0.860. The zero-order valence-electron chi connectivity index (χ0n) is 11.2. The topological polar surface area (TPSA) is 105 Å². The van der Waals surface area contributed by atoms with Gasteiger partial charge in [-0.25, -0.2) is 8.42 Å². The summed E-state index contributed by atoms with van der Waals surface area (Å²) in [6, 6.07) is 0. The Morgan fingerprint density at radius 1 is 1.53 bits per heavy atom. The number of nitrogen functional groups attached to an aromatic ring is 1. The second-order valence-electron chi connectivity index (χ2n) is 4.46. The van der Waals surface area contributed by atoms with Crippen LogP contribution in [0.4, 0.5) is 10.8 Å². The van der Waals surface area contributed by atoms with E-state index >= 15 is 0 Å². The first kappa shape index (κ1) is 16.2. The van der Waals surface area contributed by atoms with Crippen LogP contribution >= 0.6 is 11.5 Å². The molecule has 1 aromatic rings.